The monoisotopic (exact) mass is 1170 g/mol. The number of nitrogens with one attached hydrogen (secondary N) is 2. The lowest BCUT2D eigenvalue weighted by Crippen LogP contribution is -2.53. The Kier molecular flexibility index (Phi) is 17.2. The van der Waals surface area contributed by atoms with E-state index in [4.69, 9.17) is 38.9 Å². The molecule has 21 heteroatoms. The van der Waals surface area contributed by atoms with Crippen LogP contribution in [0.15, 0.2) is 121 Å². The van der Waals surface area contributed by atoms with Crippen molar-refractivity contribution in [3.8, 4) is 39.6 Å². The first-order chi connectivity index (χ1) is 41.6. The zero-order valence-electron chi connectivity index (χ0n) is 47.1. The number of aliphatic hydroxyl groups excluding tert-OH is 1. The Morgan fingerprint density at radius 1 is 0.744 bits per heavy atom. The molecule has 446 valence electrons. The minimum absolute atomic E-state index is 0.0182. The predicted molar refractivity (Wildman–Crippen MR) is 310 cm³/mol. The maximum Gasteiger partial charge on any atom is 0.419 e. The van der Waals surface area contributed by atoms with E-state index in [-0.39, 0.29) is 98.8 Å². The molecule has 3 aliphatic carbocycles. The van der Waals surface area contributed by atoms with Crippen molar-refractivity contribution in [2.75, 3.05) is 59.8 Å². The van der Waals surface area contributed by atoms with Crippen LogP contribution in [0, 0.1) is 0 Å². The van der Waals surface area contributed by atoms with Crippen molar-refractivity contribution in [3.63, 3.8) is 0 Å². The number of carbonyl (C=O) groups is 6. The first-order valence-electron chi connectivity index (χ1n) is 28.3. The molecule has 7 aromatic rings. The van der Waals surface area contributed by atoms with E-state index in [9.17, 15) is 49.2 Å². The molecule has 4 aliphatic rings. The zero-order chi connectivity index (χ0) is 60.4. The summed E-state index contributed by atoms with van der Waals surface area (Å²) < 4.78 is 41.6. The normalized spacial score (nSPS) is 20.3. The Hall–Kier alpha value is -8.80. The van der Waals surface area contributed by atoms with E-state index in [1.54, 1.807) is 11.5 Å². The molecule has 0 spiro atoms. The van der Waals surface area contributed by atoms with Gasteiger partial charge in [-0.05, 0) is 52.4 Å². The molecule has 0 bridgehead atoms. The van der Waals surface area contributed by atoms with Gasteiger partial charge in [-0.3, -0.25) is 19.2 Å². The summed E-state index contributed by atoms with van der Waals surface area (Å²) in [6.45, 7) is 1.30. The molecule has 6 unspecified atom stereocenters. The molecule has 8 N–H and O–H groups in total. The Morgan fingerprint density at radius 3 is 2.08 bits per heavy atom. The van der Waals surface area contributed by atoms with Crippen molar-refractivity contribution < 1.29 is 82.4 Å². The average molecular weight is 1170 g/mol. The van der Waals surface area contributed by atoms with Crippen LogP contribution in [0.1, 0.15) is 91.4 Å². The molecule has 11 rings (SSSR count). The van der Waals surface area contributed by atoms with Crippen LogP contribution < -0.4 is 21.1 Å². The molecule has 2 amide bonds. The van der Waals surface area contributed by atoms with Crippen LogP contribution in [0.3, 0.4) is 0 Å². The number of aromatic hydroxyl groups is 2. The summed E-state index contributed by atoms with van der Waals surface area (Å²) in [4.78, 5) is 82.7. The quantitative estimate of drug-likeness (QED) is 0.0314. The molecule has 6 aromatic carbocycles. The number of nitrogens with two attached hydrogens (primary N) is 1. The number of Topliss-reactive ketones (excluding diaryl/α,β-unsaturated/α-hetero) is 1. The van der Waals surface area contributed by atoms with E-state index in [1.165, 1.54) is 25.3 Å². The lowest BCUT2D eigenvalue weighted by molar-refractivity contribution is -0.247. The fraction of sp³-hybridized carbons (Fsp3) is 0.323. The number of ketones is 3. The maximum absolute atomic E-state index is 14.3. The van der Waals surface area contributed by atoms with Gasteiger partial charge in [0.1, 0.15) is 29.5 Å². The molecule has 1 aliphatic heterocycles. The number of aromatic nitrogens is 1. The summed E-state index contributed by atoms with van der Waals surface area (Å²) in [7, 11) is 1.31. The van der Waals surface area contributed by atoms with Gasteiger partial charge < -0.3 is 70.0 Å². The van der Waals surface area contributed by atoms with Gasteiger partial charge in [-0.15, -0.1) is 0 Å². The van der Waals surface area contributed by atoms with Crippen LogP contribution in [0.25, 0.3) is 33.3 Å². The average Bonchev–Trinajstić information content (AvgIpc) is 1.00. The van der Waals surface area contributed by atoms with E-state index in [1.807, 2.05) is 78.9 Å². The van der Waals surface area contributed by atoms with E-state index >= 15 is 0 Å². The number of phenols is 2. The highest BCUT2D eigenvalue weighted by Gasteiger charge is 2.51. The summed E-state index contributed by atoms with van der Waals surface area (Å²) in [6.07, 6.45) is -7.49. The number of hydrogen-bond acceptors (Lipinski definition) is 18. The van der Waals surface area contributed by atoms with Gasteiger partial charge in [-0.2, -0.15) is 0 Å². The Morgan fingerprint density at radius 2 is 1.38 bits per heavy atom. The molecule has 1 fully saturated rings. The number of ether oxygens (including phenoxy) is 7. The Bertz CT molecular complexity index is 3730. The fourth-order valence-corrected chi connectivity index (χ4v) is 12.2. The van der Waals surface area contributed by atoms with E-state index in [0.717, 1.165) is 33.2 Å². The first kappa shape index (κ1) is 59.0. The summed E-state index contributed by atoms with van der Waals surface area (Å²) in [6, 6.07) is 36.6. The zero-order valence-corrected chi connectivity index (χ0v) is 47.1. The summed E-state index contributed by atoms with van der Waals surface area (Å²) in [5, 5.41) is 52.3. The Balaban J connectivity index is 0.653. The number of nitrogens with zero attached hydrogens (tertiary/aromatic N) is 1. The predicted octanol–water partition coefficient (Wildman–Crippen LogP) is 6.55. The van der Waals surface area contributed by atoms with Gasteiger partial charge in [0.15, 0.2) is 18.7 Å². The number of benzene rings is 6. The van der Waals surface area contributed by atoms with Gasteiger partial charge in [0.05, 0.1) is 86.2 Å². The smallest absolute Gasteiger partial charge is 0.419 e. The summed E-state index contributed by atoms with van der Waals surface area (Å²) in [5.74, 6) is -4.56. The number of carbonyl (C=O) groups excluding carboxylic acids is 6. The van der Waals surface area contributed by atoms with Crippen LogP contribution in [-0.2, 0) is 50.9 Å². The van der Waals surface area contributed by atoms with E-state index in [2.05, 4.69) is 34.9 Å². The topological polar surface area (TPSA) is 303 Å². The lowest BCUT2D eigenvalue weighted by Gasteiger charge is -2.42. The van der Waals surface area contributed by atoms with Crippen molar-refractivity contribution in [1.82, 2.24) is 15.2 Å². The third kappa shape index (κ3) is 11.3. The second-order valence-electron chi connectivity index (χ2n) is 21.6. The number of phenolic OH excluding ortho intramolecular Hbond substituents is 2. The minimum Gasteiger partial charge on any atom is -0.507 e. The van der Waals surface area contributed by atoms with Crippen molar-refractivity contribution in [2.45, 2.75) is 74.8 Å². The van der Waals surface area contributed by atoms with Crippen LogP contribution in [-0.4, -0.2) is 150 Å². The number of aliphatic hydroxyl groups is 2. The molecule has 1 aromatic heterocycles. The van der Waals surface area contributed by atoms with Crippen LogP contribution in [0.5, 0.6) is 17.2 Å². The first-order valence-corrected chi connectivity index (χ1v) is 28.3. The van der Waals surface area contributed by atoms with E-state index < -0.39 is 108 Å². The van der Waals surface area contributed by atoms with Gasteiger partial charge in [0, 0.05) is 66.4 Å². The molecular weight excluding hydrogens is 1110 g/mol. The lowest BCUT2D eigenvalue weighted by atomic mass is 9.72. The largest absolute Gasteiger partial charge is 0.507 e. The molecule has 86 heavy (non-hydrogen) atoms. The van der Waals surface area contributed by atoms with Gasteiger partial charge in [0.2, 0.25) is 17.5 Å². The van der Waals surface area contributed by atoms with Crippen molar-refractivity contribution >= 4 is 46.3 Å². The summed E-state index contributed by atoms with van der Waals surface area (Å²) >= 11 is 0. The third-order valence-corrected chi connectivity index (χ3v) is 16.3. The van der Waals surface area contributed by atoms with Gasteiger partial charge in [-0.25, -0.2) is 14.2 Å². The van der Waals surface area contributed by atoms with E-state index in [0.29, 0.717) is 16.8 Å². The van der Waals surface area contributed by atoms with Crippen molar-refractivity contribution in [1.29, 1.82) is 0 Å². The van der Waals surface area contributed by atoms with Gasteiger partial charge >= 0.3 is 12.2 Å². The second-order valence-corrected chi connectivity index (χ2v) is 21.6. The summed E-state index contributed by atoms with van der Waals surface area (Å²) in [5.41, 5.74) is 8.93. The number of amides is 2. The number of para-hydroxylation sites is 1. The second kappa shape index (κ2) is 25.0. The molecule has 6 atom stereocenters. The molecular formula is C65H64N4O17. The van der Waals surface area contributed by atoms with Crippen molar-refractivity contribution in [3.05, 3.63) is 171 Å². The number of alkyl carbamates (subject to hydrolysis) is 1. The highest BCUT2D eigenvalue weighted by atomic mass is 16.7. The van der Waals surface area contributed by atoms with Gasteiger partial charge in [-0.1, -0.05) is 109 Å². The Labute approximate surface area is 493 Å². The van der Waals surface area contributed by atoms with Gasteiger partial charge in [0.25, 0.3) is 0 Å². The van der Waals surface area contributed by atoms with Crippen molar-refractivity contribution in [2.24, 2.45) is 5.73 Å². The SMILES string of the molecule is COc1cccc2c1C(=O)c1c(O)c3c(c(O)c1C2=O)CC(O)(C(=O)COC(=O)NCCOCCOCCNC(=O)Cc1c(-c2ccccc2)n(C(=O)OCC2c4ccccc4-c4ccccc42)c2ccccc12)CC3OC1CC(N)C(O)C(C)O1. The molecule has 1 saturated heterocycles. The van der Waals surface area contributed by atoms with Crippen LogP contribution >= 0.6 is 0 Å². The molecule has 0 saturated carbocycles. The number of hydrogen-bond donors (Lipinski definition) is 7. The highest BCUT2D eigenvalue weighted by molar-refractivity contribution is 6.31. The number of rotatable bonds is 20. The minimum atomic E-state index is -2.43. The molecule has 21 nitrogen and oxygen atoms in total. The maximum atomic E-state index is 14.3. The highest BCUT2D eigenvalue weighted by Crippen LogP contribution is 2.53. The molecule has 0 radical (unpaired) electrons. The third-order valence-electron chi connectivity index (χ3n) is 16.3. The van der Waals surface area contributed by atoms with Crippen LogP contribution in [0.2, 0.25) is 0 Å². The standard InChI is InChI=1S/C65H64N4O17/c1-35-58(72)46(66)30-52(85-35)86-49-32-65(79,31-44-54(49)62(76)56-55(60(44)74)59(73)42-20-12-22-48(80-2)53(42)61(56)75)50(70)34-83-63(77)68-24-26-82-28-27-81-25-23-67-51(71)29-43-41-19-10-11-21-47(41)69(57(43)36-13-4-3-5-14-36)64(78)84-33-45-39-17-8-6-15-37(39)38-16-7-9-18-40(38)45/h3-22,35,45-46,49,52,58,72,74,76,79H,23-34,66H2,1-2H3,(H,67,71)(H,68,77). The molecule has 2 heterocycles. The fourth-order valence-electron chi connectivity index (χ4n) is 12.2. The number of methoxy groups -OCH3 is 1. The number of fused-ring (bicyclic) bond motifs is 7. The van der Waals surface area contributed by atoms with Crippen LogP contribution in [0.4, 0.5) is 9.59 Å².